The van der Waals surface area contributed by atoms with Gasteiger partial charge in [-0.2, -0.15) is 0 Å². The lowest BCUT2D eigenvalue weighted by atomic mass is 10.2. The molecule has 1 aromatic rings. The molecule has 86 valence electrons. The number of hydrogen-bond acceptors (Lipinski definition) is 5. The maximum atomic E-state index is 11.0. The van der Waals surface area contributed by atoms with Gasteiger partial charge in [-0.05, 0) is 0 Å². The second-order valence-electron chi connectivity index (χ2n) is 3.57. The summed E-state index contributed by atoms with van der Waals surface area (Å²) in [5.41, 5.74) is 0.870. The number of carbonyl (C=O) groups is 1. The van der Waals surface area contributed by atoms with Crippen LogP contribution in [0.1, 0.15) is 18.0 Å². The van der Waals surface area contributed by atoms with Gasteiger partial charge in [-0.1, -0.05) is 0 Å². The number of hydrogen-bond donors (Lipinski definition) is 2. The largest absolute Gasteiger partial charge is 0.449 e. The number of aliphatic hydroxyl groups is 1. The van der Waals surface area contributed by atoms with E-state index in [4.69, 9.17) is 4.42 Å². The predicted molar refractivity (Wildman–Crippen MR) is 58.2 cm³/mol. The average molecular weight is 241 g/mol. The zero-order valence-electron chi connectivity index (χ0n) is 8.84. The molecule has 1 amide bonds. The lowest BCUT2D eigenvalue weighted by Crippen LogP contribution is -2.86. The minimum atomic E-state index is -0.883. The molecule has 5 nitrogen and oxygen atoms in total. The van der Waals surface area contributed by atoms with Gasteiger partial charge in [-0.3, -0.25) is 5.32 Å². The summed E-state index contributed by atoms with van der Waals surface area (Å²) in [4.78, 5) is 16.2. The smallest absolute Gasteiger partial charge is 0.343 e. The van der Waals surface area contributed by atoms with Gasteiger partial charge in [0.05, 0.1) is 5.69 Å². The van der Waals surface area contributed by atoms with E-state index < -0.39 is 6.10 Å². The minimum Gasteiger partial charge on any atom is -0.449 e. The van der Waals surface area contributed by atoms with Crippen LogP contribution in [0.15, 0.2) is 21.8 Å². The minimum absolute atomic E-state index is 0.221. The third-order valence-corrected chi connectivity index (χ3v) is 3.34. The Labute approximate surface area is 96.9 Å². The number of quaternary nitrogens is 1. The van der Waals surface area contributed by atoms with Crippen LogP contribution in [-0.4, -0.2) is 22.1 Å². The first-order valence-electron chi connectivity index (χ1n) is 4.95. The van der Waals surface area contributed by atoms with Crippen molar-refractivity contribution < 1.29 is 19.6 Å². The van der Waals surface area contributed by atoms with Crippen LogP contribution in [0, 0.1) is 6.92 Å². The number of nitrogens with two attached hydrogens (primary N) is 1. The zero-order valence-corrected chi connectivity index (χ0v) is 9.66. The van der Waals surface area contributed by atoms with Crippen LogP contribution in [-0.2, 0) is 10.5 Å². The summed E-state index contributed by atoms with van der Waals surface area (Å²) in [6, 6.07) is 0. The fourth-order valence-corrected chi connectivity index (χ4v) is 2.30. The number of rotatable bonds is 3. The molecular weight excluding hydrogens is 228 g/mol. The number of aryl methyl sites for hydroxylation is 1. The van der Waals surface area contributed by atoms with Gasteiger partial charge < -0.3 is 9.52 Å². The Morgan fingerprint density at radius 1 is 1.75 bits per heavy atom. The lowest BCUT2D eigenvalue weighted by molar-refractivity contribution is -0.507. The number of aliphatic hydroxyl groups excluding tert-OH is 1. The maximum absolute atomic E-state index is 11.0. The number of carbonyl (C=O) groups excluding carboxylic acids is 1. The van der Waals surface area contributed by atoms with Crippen molar-refractivity contribution in [1.29, 1.82) is 0 Å². The second kappa shape index (κ2) is 4.82. The van der Waals surface area contributed by atoms with Crippen molar-refractivity contribution in [3.63, 3.8) is 0 Å². The second-order valence-corrected chi connectivity index (χ2v) is 4.67. The molecule has 0 fully saturated rings. The van der Waals surface area contributed by atoms with Crippen molar-refractivity contribution in [2.75, 3.05) is 0 Å². The fraction of sp³-hybridized carbons (Fsp3) is 0.400. The van der Waals surface area contributed by atoms with Gasteiger partial charge in [0.25, 0.3) is 0 Å². The number of oxazole rings is 1. The Balaban J connectivity index is 1.89. The normalized spacial score (nSPS) is 21.0. The first kappa shape index (κ1) is 11.4. The highest BCUT2D eigenvalue weighted by Gasteiger charge is 2.25. The standard InChI is InChI=1S/C10H12N2O3S/c1-6-12-7(4-15-6)5-16-8-2-9(13)10(14)11-3-8/h3-4,9,13H,2,5H2,1H3,(H,11,14)/p+1. The Kier molecular flexibility index (Phi) is 3.42. The van der Waals surface area contributed by atoms with E-state index >= 15 is 0 Å². The van der Waals surface area contributed by atoms with E-state index in [2.05, 4.69) is 4.98 Å². The van der Waals surface area contributed by atoms with Crippen molar-refractivity contribution in [2.45, 2.75) is 25.2 Å². The Morgan fingerprint density at radius 3 is 3.19 bits per heavy atom. The lowest BCUT2D eigenvalue weighted by Gasteiger charge is -2.12. The number of primary amides is 1. The van der Waals surface area contributed by atoms with Crippen LogP contribution in [0.2, 0.25) is 0 Å². The molecule has 0 aliphatic carbocycles. The molecule has 16 heavy (non-hydrogen) atoms. The summed E-state index contributed by atoms with van der Waals surface area (Å²) in [6.07, 6.45) is 2.90. The molecule has 1 aliphatic rings. The highest BCUT2D eigenvalue weighted by Crippen LogP contribution is 2.24. The Bertz CT molecular complexity index is 427. The molecule has 0 spiro atoms. The van der Waals surface area contributed by atoms with Crippen molar-refractivity contribution >= 4 is 17.7 Å². The van der Waals surface area contributed by atoms with Gasteiger partial charge in [0.15, 0.2) is 12.0 Å². The van der Waals surface area contributed by atoms with E-state index in [1.165, 1.54) is 5.32 Å². The van der Waals surface area contributed by atoms with Gasteiger partial charge in [-0.15, -0.1) is 11.8 Å². The summed E-state index contributed by atoms with van der Waals surface area (Å²) in [5.74, 6) is 1.12. The third kappa shape index (κ3) is 2.72. The van der Waals surface area contributed by atoms with Gasteiger partial charge in [0.1, 0.15) is 12.5 Å². The van der Waals surface area contributed by atoms with E-state index in [9.17, 15) is 9.90 Å². The number of thioether (sulfide) groups is 1. The SMILES string of the molecule is Cc1nc(CSC2=C[NH2+]C(=O)C(O)C2)co1. The molecule has 0 radical (unpaired) electrons. The van der Waals surface area contributed by atoms with E-state index in [1.54, 1.807) is 31.1 Å². The Morgan fingerprint density at radius 2 is 2.56 bits per heavy atom. The first-order chi connectivity index (χ1) is 7.65. The highest BCUT2D eigenvalue weighted by atomic mass is 32.2. The summed E-state index contributed by atoms with van der Waals surface area (Å²) >= 11 is 1.56. The van der Waals surface area contributed by atoms with Crippen molar-refractivity contribution in [3.05, 3.63) is 29.0 Å². The Hall–Kier alpha value is -1.11. The molecule has 1 unspecified atom stereocenters. The highest BCUT2D eigenvalue weighted by molar-refractivity contribution is 8.02. The van der Waals surface area contributed by atoms with Gasteiger partial charge in [0, 0.05) is 24.0 Å². The summed E-state index contributed by atoms with van der Waals surface area (Å²) in [7, 11) is 0. The van der Waals surface area contributed by atoms with Crippen molar-refractivity contribution in [3.8, 4) is 0 Å². The van der Waals surface area contributed by atoms with Gasteiger partial charge in [-0.25, -0.2) is 9.78 Å². The van der Waals surface area contributed by atoms with E-state index in [1.807, 2.05) is 0 Å². The quantitative estimate of drug-likeness (QED) is 0.773. The first-order valence-corrected chi connectivity index (χ1v) is 5.93. The molecule has 0 saturated carbocycles. The van der Waals surface area contributed by atoms with Crippen LogP contribution in [0.5, 0.6) is 0 Å². The molecule has 0 saturated heterocycles. The number of nitrogens with zero attached hydrogens (tertiary/aromatic N) is 1. The fourth-order valence-electron chi connectivity index (χ4n) is 1.39. The molecule has 3 N–H and O–H groups in total. The number of aromatic nitrogens is 1. The molecule has 2 heterocycles. The van der Waals surface area contributed by atoms with Crippen molar-refractivity contribution in [1.82, 2.24) is 4.98 Å². The molecule has 6 heteroatoms. The molecule has 2 rings (SSSR count). The third-order valence-electron chi connectivity index (χ3n) is 2.23. The number of amides is 1. The average Bonchev–Trinajstić information content (AvgIpc) is 2.66. The topological polar surface area (TPSA) is 79.9 Å². The zero-order chi connectivity index (χ0) is 11.5. The van der Waals surface area contributed by atoms with E-state index in [0.717, 1.165) is 10.6 Å². The molecular formula is C10H13N2O3S+. The van der Waals surface area contributed by atoms with E-state index in [0.29, 0.717) is 18.1 Å². The molecule has 1 aromatic heterocycles. The predicted octanol–water partition coefficient (Wildman–Crippen LogP) is -0.0878. The maximum Gasteiger partial charge on any atom is 0.343 e. The molecule has 1 atom stereocenters. The van der Waals surface area contributed by atoms with Crippen LogP contribution < -0.4 is 5.32 Å². The molecule has 0 bridgehead atoms. The van der Waals surface area contributed by atoms with Crippen LogP contribution in [0.25, 0.3) is 0 Å². The van der Waals surface area contributed by atoms with Gasteiger partial charge >= 0.3 is 5.91 Å². The van der Waals surface area contributed by atoms with Crippen LogP contribution in [0.4, 0.5) is 0 Å². The van der Waals surface area contributed by atoms with Gasteiger partial charge in [0.2, 0.25) is 0 Å². The van der Waals surface area contributed by atoms with Crippen molar-refractivity contribution in [2.24, 2.45) is 0 Å². The van der Waals surface area contributed by atoms with Crippen LogP contribution in [0.3, 0.4) is 0 Å². The molecule has 0 aromatic carbocycles. The van der Waals surface area contributed by atoms with Crippen LogP contribution >= 0.6 is 11.8 Å². The summed E-state index contributed by atoms with van der Waals surface area (Å²) < 4.78 is 5.09. The van der Waals surface area contributed by atoms with E-state index in [-0.39, 0.29) is 5.91 Å². The molecule has 1 aliphatic heterocycles. The summed E-state index contributed by atoms with van der Waals surface area (Å²) in [5, 5.41) is 10.8. The summed E-state index contributed by atoms with van der Waals surface area (Å²) in [6.45, 7) is 1.80. The monoisotopic (exact) mass is 241 g/mol.